The van der Waals surface area contributed by atoms with E-state index < -0.39 is 5.60 Å². The first kappa shape index (κ1) is 10.6. The van der Waals surface area contributed by atoms with Crippen molar-refractivity contribution in [3.05, 3.63) is 35.1 Å². The van der Waals surface area contributed by atoms with Gasteiger partial charge < -0.3 is 9.84 Å². The van der Waals surface area contributed by atoms with E-state index in [1.807, 2.05) is 6.08 Å². The molecule has 0 aromatic heterocycles. The van der Waals surface area contributed by atoms with Crippen LogP contribution in [-0.4, -0.2) is 16.7 Å². The number of allylic oxidation sites excluding steroid dienone is 1. The lowest BCUT2D eigenvalue weighted by molar-refractivity contribution is -0.133. The summed E-state index contributed by atoms with van der Waals surface area (Å²) in [6, 6.07) is 0. The summed E-state index contributed by atoms with van der Waals surface area (Å²) < 4.78 is 5.31. The molecule has 3 nitrogen and oxygen atoms in total. The highest BCUT2D eigenvalue weighted by atomic mass is 16.5. The molecule has 0 amide bonds. The third kappa shape index (κ3) is 0.881. The normalized spacial score (nSPS) is 48.5. The average molecular weight is 244 g/mol. The van der Waals surface area contributed by atoms with Crippen molar-refractivity contribution in [3.8, 4) is 0 Å². The van der Waals surface area contributed by atoms with Gasteiger partial charge in [-0.2, -0.15) is 0 Å². The largest absolute Gasteiger partial charge is 0.423 e. The van der Waals surface area contributed by atoms with Gasteiger partial charge in [-0.1, -0.05) is 13.5 Å². The van der Waals surface area contributed by atoms with Crippen LogP contribution >= 0.6 is 0 Å². The van der Waals surface area contributed by atoms with E-state index in [4.69, 9.17) is 4.74 Å². The van der Waals surface area contributed by atoms with Gasteiger partial charge in [-0.3, -0.25) is 0 Å². The molecule has 0 aromatic rings. The lowest BCUT2D eigenvalue weighted by Crippen LogP contribution is -2.47. The lowest BCUT2D eigenvalue weighted by atomic mass is 9.64. The van der Waals surface area contributed by atoms with Crippen LogP contribution in [0.5, 0.6) is 0 Å². The van der Waals surface area contributed by atoms with Crippen LogP contribution in [0.3, 0.4) is 0 Å². The molecule has 0 saturated heterocycles. The van der Waals surface area contributed by atoms with Gasteiger partial charge in [0.05, 0.1) is 5.60 Å². The van der Waals surface area contributed by atoms with Gasteiger partial charge in [-0.05, 0) is 36.8 Å². The van der Waals surface area contributed by atoms with Crippen molar-refractivity contribution >= 4 is 5.97 Å². The fourth-order valence-corrected chi connectivity index (χ4v) is 4.14. The van der Waals surface area contributed by atoms with Gasteiger partial charge in [0.2, 0.25) is 0 Å². The molecule has 2 fully saturated rings. The van der Waals surface area contributed by atoms with E-state index in [1.165, 1.54) is 0 Å². The number of carbonyl (C=O) groups excluding carboxylic acids is 1. The molecule has 2 saturated carbocycles. The van der Waals surface area contributed by atoms with Crippen LogP contribution in [0, 0.1) is 17.3 Å². The number of carbonyl (C=O) groups is 1. The Hall–Kier alpha value is -1.35. The Bertz CT molecular complexity index is 583. The Morgan fingerprint density at radius 2 is 2.28 bits per heavy atom. The summed E-state index contributed by atoms with van der Waals surface area (Å²) in [5, 5.41) is 11.0. The lowest BCUT2D eigenvalue weighted by Gasteiger charge is -2.44. The molecule has 2 unspecified atom stereocenters. The number of ether oxygens (including phenoxy) is 1. The van der Waals surface area contributed by atoms with Crippen molar-refractivity contribution < 1.29 is 14.6 Å². The van der Waals surface area contributed by atoms with E-state index in [0.717, 1.165) is 17.6 Å². The highest BCUT2D eigenvalue weighted by Gasteiger charge is 2.71. The van der Waals surface area contributed by atoms with Gasteiger partial charge in [0.25, 0.3) is 0 Å². The van der Waals surface area contributed by atoms with Gasteiger partial charge in [0, 0.05) is 23.0 Å². The zero-order valence-corrected chi connectivity index (χ0v) is 10.6. The zero-order valence-electron chi connectivity index (χ0n) is 10.6. The third-order valence-electron chi connectivity index (χ3n) is 5.55. The molecule has 0 aromatic carbocycles. The van der Waals surface area contributed by atoms with E-state index in [-0.39, 0.29) is 11.4 Å². The van der Waals surface area contributed by atoms with Gasteiger partial charge in [-0.25, -0.2) is 4.79 Å². The molecule has 3 aliphatic carbocycles. The Labute approximate surface area is 106 Å². The zero-order chi connectivity index (χ0) is 12.9. The summed E-state index contributed by atoms with van der Waals surface area (Å²) in [4.78, 5) is 11.6. The second kappa shape index (κ2) is 2.64. The minimum atomic E-state index is -0.894. The molecule has 4 rings (SSSR count). The van der Waals surface area contributed by atoms with E-state index in [1.54, 1.807) is 6.92 Å². The maximum atomic E-state index is 11.6. The number of hydrogen-bond acceptors (Lipinski definition) is 3. The summed E-state index contributed by atoms with van der Waals surface area (Å²) in [6.07, 6.45) is 3.55. The fourth-order valence-electron chi connectivity index (χ4n) is 4.14. The topological polar surface area (TPSA) is 46.5 Å². The van der Waals surface area contributed by atoms with Crippen LogP contribution in [0.25, 0.3) is 0 Å². The second-order valence-corrected chi connectivity index (χ2v) is 6.30. The number of esters is 1. The molecule has 3 heteroatoms. The molecule has 4 aliphatic rings. The van der Waals surface area contributed by atoms with Crippen LogP contribution in [-0.2, 0) is 9.53 Å². The maximum Gasteiger partial charge on any atom is 0.339 e. The van der Waals surface area contributed by atoms with Gasteiger partial charge >= 0.3 is 5.97 Å². The number of rotatable bonds is 0. The first-order valence-corrected chi connectivity index (χ1v) is 6.45. The van der Waals surface area contributed by atoms with E-state index >= 15 is 0 Å². The monoisotopic (exact) mass is 244 g/mol. The Morgan fingerprint density at radius 3 is 3.00 bits per heavy atom. The van der Waals surface area contributed by atoms with Crippen molar-refractivity contribution in [2.45, 2.75) is 32.3 Å². The fraction of sp³-hybridized carbons (Fsp3) is 0.533. The summed E-state index contributed by atoms with van der Waals surface area (Å²) >= 11 is 0. The molecule has 4 atom stereocenters. The highest BCUT2D eigenvalue weighted by Crippen LogP contribution is 2.72. The summed E-state index contributed by atoms with van der Waals surface area (Å²) in [5.41, 5.74) is 1.23. The summed E-state index contributed by atoms with van der Waals surface area (Å²) in [6.45, 7) is 7.95. The summed E-state index contributed by atoms with van der Waals surface area (Å²) in [5.74, 6) is 1.31. The van der Waals surface area contributed by atoms with Gasteiger partial charge in [0.1, 0.15) is 5.76 Å². The Kier molecular flexibility index (Phi) is 1.55. The SMILES string of the molecule is C=C1C2CC2[C@]2(C)C=C3OC(=O)C(C)=C3C[C@@]12O. The molecular formula is C15H16O3. The maximum absolute atomic E-state index is 11.6. The minimum absolute atomic E-state index is 0.276. The minimum Gasteiger partial charge on any atom is -0.423 e. The molecule has 94 valence electrons. The quantitative estimate of drug-likeness (QED) is 0.524. The standard InChI is InChI=1S/C15H16O3/c1-7-10-5-15(17)8(2)9-4-11(9)14(15,3)6-12(10)18-13(7)16/h6,9,11,17H,2,4-5H2,1,3H3/t9?,11?,14-,15+/m0/s1. The number of hydrogen-bond donors (Lipinski definition) is 1. The van der Waals surface area contributed by atoms with Crippen molar-refractivity contribution in [1.82, 2.24) is 0 Å². The molecule has 0 bridgehead atoms. The van der Waals surface area contributed by atoms with Crippen LogP contribution in [0.4, 0.5) is 0 Å². The molecular weight excluding hydrogens is 228 g/mol. The van der Waals surface area contributed by atoms with Crippen LogP contribution in [0.2, 0.25) is 0 Å². The molecule has 1 aliphatic heterocycles. The number of aliphatic hydroxyl groups is 1. The van der Waals surface area contributed by atoms with Gasteiger partial charge in [0.15, 0.2) is 0 Å². The first-order chi connectivity index (χ1) is 8.38. The van der Waals surface area contributed by atoms with Gasteiger partial charge in [-0.15, -0.1) is 0 Å². The molecule has 18 heavy (non-hydrogen) atoms. The smallest absolute Gasteiger partial charge is 0.339 e. The van der Waals surface area contributed by atoms with E-state index in [0.29, 0.717) is 29.6 Å². The summed E-state index contributed by atoms with van der Waals surface area (Å²) in [7, 11) is 0. The van der Waals surface area contributed by atoms with Crippen molar-refractivity contribution in [1.29, 1.82) is 0 Å². The number of fused-ring (bicyclic) bond motifs is 4. The van der Waals surface area contributed by atoms with Crippen LogP contribution in [0.15, 0.2) is 35.1 Å². The molecule has 1 N–H and O–H groups in total. The van der Waals surface area contributed by atoms with E-state index in [9.17, 15) is 9.90 Å². The van der Waals surface area contributed by atoms with Crippen LogP contribution < -0.4 is 0 Å². The van der Waals surface area contributed by atoms with E-state index in [2.05, 4.69) is 13.5 Å². The van der Waals surface area contributed by atoms with Crippen molar-refractivity contribution in [3.63, 3.8) is 0 Å². The van der Waals surface area contributed by atoms with Crippen LogP contribution in [0.1, 0.15) is 26.7 Å². The average Bonchev–Trinajstić information content (AvgIpc) is 3.03. The Balaban J connectivity index is 1.94. The second-order valence-electron chi connectivity index (χ2n) is 6.30. The third-order valence-corrected chi connectivity index (χ3v) is 5.55. The predicted molar refractivity (Wildman–Crippen MR) is 65.3 cm³/mol. The molecule has 1 heterocycles. The predicted octanol–water partition coefficient (Wildman–Crippen LogP) is 2.09. The van der Waals surface area contributed by atoms with Crippen molar-refractivity contribution in [2.75, 3.05) is 0 Å². The molecule has 0 radical (unpaired) electrons. The highest BCUT2D eigenvalue weighted by molar-refractivity contribution is 5.94. The first-order valence-electron chi connectivity index (χ1n) is 6.45. The molecule has 0 spiro atoms. The van der Waals surface area contributed by atoms with Crippen molar-refractivity contribution in [2.24, 2.45) is 17.3 Å². The Morgan fingerprint density at radius 1 is 1.56 bits per heavy atom.